The van der Waals surface area contributed by atoms with Crippen LogP contribution in [0.25, 0.3) is 10.9 Å². The monoisotopic (exact) mass is 447 g/mol. The molecule has 1 aliphatic rings. The summed E-state index contributed by atoms with van der Waals surface area (Å²) in [6, 6.07) is 20.8. The van der Waals surface area contributed by atoms with Crippen LogP contribution >= 0.6 is 11.6 Å². The van der Waals surface area contributed by atoms with Gasteiger partial charge in [-0.1, -0.05) is 35.9 Å². The second kappa shape index (κ2) is 9.02. The summed E-state index contributed by atoms with van der Waals surface area (Å²) in [4.78, 5) is 17.7. The Hall–Kier alpha value is -3.35. The van der Waals surface area contributed by atoms with Crippen LogP contribution in [0, 0.1) is 0 Å². The lowest BCUT2D eigenvalue weighted by molar-refractivity contribution is 0.0902. The molecule has 4 aromatic rings. The molecule has 2 aromatic carbocycles. The summed E-state index contributed by atoms with van der Waals surface area (Å²) in [5.74, 6) is 1.50. The van der Waals surface area contributed by atoms with Gasteiger partial charge in [0.25, 0.3) is 5.56 Å². The number of aromatic nitrogens is 2. The van der Waals surface area contributed by atoms with Crippen molar-refractivity contribution in [1.29, 1.82) is 0 Å². The van der Waals surface area contributed by atoms with Gasteiger partial charge in [0.05, 0.1) is 17.8 Å². The number of nitrogens with zero attached hydrogens (tertiary/aromatic N) is 2. The van der Waals surface area contributed by atoms with Crippen molar-refractivity contribution in [3.05, 3.63) is 99.6 Å². The average molecular weight is 448 g/mol. The summed E-state index contributed by atoms with van der Waals surface area (Å²) in [5, 5.41) is 4.89. The molecule has 0 bridgehead atoms. The predicted octanol–water partition coefficient (Wildman–Crippen LogP) is 4.03. The van der Waals surface area contributed by atoms with Crippen LogP contribution in [0.5, 0.6) is 11.5 Å². The lowest BCUT2D eigenvalue weighted by Crippen LogP contribution is -2.39. The largest absolute Gasteiger partial charge is 0.486 e. The Labute approximate surface area is 190 Å². The number of hydrogen-bond acceptors (Lipinski definition) is 5. The standard InChI is InChI=1S/C25H22ClN3O3/c26-19-9-8-17-11-18(13-27-14-21-16-31-23-6-1-2-7-24(23)32-21)25(30)29(22(17)12-19)15-20-5-3-4-10-28-20/h1-12,21,27H,13-16H2/t21-/m0/s1. The van der Waals surface area contributed by atoms with Gasteiger partial charge in [0, 0.05) is 29.9 Å². The van der Waals surface area contributed by atoms with Gasteiger partial charge in [-0.3, -0.25) is 9.78 Å². The molecule has 0 amide bonds. The summed E-state index contributed by atoms with van der Waals surface area (Å²) in [7, 11) is 0. The molecule has 1 atom stereocenters. The van der Waals surface area contributed by atoms with Crippen LogP contribution in [-0.2, 0) is 13.1 Å². The molecule has 0 fully saturated rings. The maximum absolute atomic E-state index is 13.3. The molecule has 3 heterocycles. The smallest absolute Gasteiger partial charge is 0.255 e. The molecule has 5 rings (SSSR count). The first-order valence-corrected chi connectivity index (χ1v) is 10.9. The number of fused-ring (bicyclic) bond motifs is 2. The molecule has 0 aliphatic carbocycles. The minimum Gasteiger partial charge on any atom is -0.486 e. The number of para-hydroxylation sites is 2. The quantitative estimate of drug-likeness (QED) is 0.483. The number of benzene rings is 2. The van der Waals surface area contributed by atoms with Crippen LogP contribution in [0.2, 0.25) is 5.02 Å². The first kappa shape index (κ1) is 20.5. The Balaban J connectivity index is 1.36. The van der Waals surface area contributed by atoms with Gasteiger partial charge in [-0.15, -0.1) is 0 Å². The number of ether oxygens (including phenoxy) is 2. The Morgan fingerprint density at radius 2 is 1.91 bits per heavy atom. The van der Waals surface area contributed by atoms with E-state index in [0.717, 1.165) is 28.1 Å². The molecule has 0 radical (unpaired) electrons. The molecule has 162 valence electrons. The van der Waals surface area contributed by atoms with Crippen molar-refractivity contribution in [2.75, 3.05) is 13.2 Å². The molecule has 2 aromatic heterocycles. The zero-order valence-electron chi connectivity index (χ0n) is 17.3. The fourth-order valence-electron chi connectivity index (χ4n) is 3.87. The van der Waals surface area contributed by atoms with E-state index in [1.54, 1.807) is 10.8 Å². The zero-order chi connectivity index (χ0) is 21.9. The van der Waals surface area contributed by atoms with Gasteiger partial charge in [-0.25, -0.2) is 0 Å². The van der Waals surface area contributed by atoms with E-state index >= 15 is 0 Å². The Bertz CT molecular complexity index is 1310. The normalized spacial score (nSPS) is 15.1. The molecule has 0 unspecified atom stereocenters. The van der Waals surface area contributed by atoms with E-state index in [4.69, 9.17) is 21.1 Å². The fourth-order valence-corrected chi connectivity index (χ4v) is 4.04. The van der Waals surface area contributed by atoms with Gasteiger partial charge in [0.15, 0.2) is 11.5 Å². The van der Waals surface area contributed by atoms with E-state index < -0.39 is 0 Å². The second-order valence-corrected chi connectivity index (χ2v) is 8.15. The van der Waals surface area contributed by atoms with Gasteiger partial charge < -0.3 is 19.4 Å². The molecule has 0 saturated heterocycles. The van der Waals surface area contributed by atoms with Crippen LogP contribution in [0.3, 0.4) is 0 Å². The van der Waals surface area contributed by atoms with Gasteiger partial charge >= 0.3 is 0 Å². The molecular formula is C25H22ClN3O3. The summed E-state index contributed by atoms with van der Waals surface area (Å²) in [5.41, 5.74) is 2.21. The van der Waals surface area contributed by atoms with E-state index in [1.165, 1.54) is 0 Å². The van der Waals surface area contributed by atoms with Crippen molar-refractivity contribution in [2.24, 2.45) is 0 Å². The number of halogens is 1. The molecule has 0 saturated carbocycles. The van der Waals surface area contributed by atoms with Crippen molar-refractivity contribution < 1.29 is 9.47 Å². The van der Waals surface area contributed by atoms with Crippen molar-refractivity contribution in [2.45, 2.75) is 19.2 Å². The van der Waals surface area contributed by atoms with Gasteiger partial charge in [-0.2, -0.15) is 0 Å². The molecular weight excluding hydrogens is 426 g/mol. The Morgan fingerprint density at radius 1 is 1.06 bits per heavy atom. The highest BCUT2D eigenvalue weighted by molar-refractivity contribution is 6.31. The van der Waals surface area contributed by atoms with Gasteiger partial charge in [-0.05, 0) is 47.9 Å². The fraction of sp³-hybridized carbons (Fsp3) is 0.200. The Kier molecular flexibility index (Phi) is 5.79. The van der Waals surface area contributed by atoms with Crippen LogP contribution in [-0.4, -0.2) is 28.8 Å². The number of hydrogen-bond donors (Lipinski definition) is 1. The van der Waals surface area contributed by atoms with Crippen LogP contribution in [0.15, 0.2) is 77.7 Å². The minimum atomic E-state index is -0.125. The third-order valence-corrected chi connectivity index (χ3v) is 5.67. The highest BCUT2D eigenvalue weighted by atomic mass is 35.5. The van der Waals surface area contributed by atoms with Gasteiger partial charge in [0.1, 0.15) is 12.7 Å². The summed E-state index contributed by atoms with van der Waals surface area (Å²) in [6.07, 6.45) is 1.60. The van der Waals surface area contributed by atoms with E-state index in [9.17, 15) is 4.79 Å². The summed E-state index contributed by atoms with van der Waals surface area (Å²) >= 11 is 6.22. The van der Waals surface area contributed by atoms with E-state index in [0.29, 0.717) is 36.8 Å². The van der Waals surface area contributed by atoms with Gasteiger partial charge in [0.2, 0.25) is 0 Å². The minimum absolute atomic E-state index is 0.0657. The van der Waals surface area contributed by atoms with E-state index in [2.05, 4.69) is 10.3 Å². The highest BCUT2D eigenvalue weighted by Gasteiger charge is 2.20. The first-order valence-electron chi connectivity index (χ1n) is 10.5. The van der Waals surface area contributed by atoms with Crippen LogP contribution < -0.4 is 20.3 Å². The van der Waals surface area contributed by atoms with E-state index in [-0.39, 0.29) is 11.7 Å². The molecule has 0 spiro atoms. The lowest BCUT2D eigenvalue weighted by Gasteiger charge is -2.26. The number of nitrogens with one attached hydrogen (secondary N) is 1. The third kappa shape index (κ3) is 4.33. The number of pyridine rings is 2. The van der Waals surface area contributed by atoms with Crippen molar-refractivity contribution in [3.63, 3.8) is 0 Å². The molecule has 32 heavy (non-hydrogen) atoms. The molecule has 6 nitrogen and oxygen atoms in total. The van der Waals surface area contributed by atoms with Crippen molar-refractivity contribution >= 4 is 22.5 Å². The molecule has 7 heteroatoms. The van der Waals surface area contributed by atoms with Crippen molar-refractivity contribution in [3.8, 4) is 11.5 Å². The Morgan fingerprint density at radius 3 is 2.75 bits per heavy atom. The third-order valence-electron chi connectivity index (χ3n) is 5.43. The summed E-state index contributed by atoms with van der Waals surface area (Å²) in [6.45, 7) is 1.82. The molecule has 1 N–H and O–H groups in total. The topological polar surface area (TPSA) is 65.4 Å². The zero-order valence-corrected chi connectivity index (χ0v) is 18.1. The van der Waals surface area contributed by atoms with Crippen molar-refractivity contribution in [1.82, 2.24) is 14.9 Å². The van der Waals surface area contributed by atoms with Crippen LogP contribution in [0.1, 0.15) is 11.3 Å². The first-order chi connectivity index (χ1) is 15.7. The average Bonchev–Trinajstić information content (AvgIpc) is 2.82. The number of rotatable bonds is 6. The second-order valence-electron chi connectivity index (χ2n) is 7.71. The maximum atomic E-state index is 13.3. The highest BCUT2D eigenvalue weighted by Crippen LogP contribution is 2.30. The van der Waals surface area contributed by atoms with E-state index in [1.807, 2.05) is 66.7 Å². The molecule has 1 aliphatic heterocycles. The predicted molar refractivity (Wildman–Crippen MR) is 125 cm³/mol. The summed E-state index contributed by atoms with van der Waals surface area (Å²) < 4.78 is 13.5. The SMILES string of the molecule is O=c1c(CNC[C@H]2COc3ccccc3O2)cc2ccc(Cl)cc2n1Cc1ccccn1. The maximum Gasteiger partial charge on any atom is 0.255 e. The van der Waals surface area contributed by atoms with Crippen LogP contribution in [0.4, 0.5) is 0 Å². The lowest BCUT2D eigenvalue weighted by atomic mass is 10.1.